The summed E-state index contributed by atoms with van der Waals surface area (Å²) in [6, 6.07) is 0. The Morgan fingerprint density at radius 3 is 0.644 bits per heavy atom. The van der Waals surface area contributed by atoms with Crippen LogP contribution in [0.1, 0.15) is 240 Å². The predicted molar refractivity (Wildman–Crippen MR) is 195 cm³/mol. The highest BCUT2D eigenvalue weighted by Gasteiger charge is 2.37. The second kappa shape index (κ2) is 30.3. The Hall–Kier alpha value is -1.06. The minimum Gasteiger partial charge on any atom is -0.481 e. The molecule has 0 aliphatic carbocycles. The first kappa shape index (κ1) is 43.9. The smallest absolute Gasteiger partial charge is 0.309 e. The van der Waals surface area contributed by atoms with E-state index in [2.05, 4.69) is 27.7 Å². The molecule has 0 aromatic carbocycles. The Morgan fingerprint density at radius 1 is 0.311 bits per heavy atom. The minimum absolute atomic E-state index is 0.522. The van der Waals surface area contributed by atoms with Crippen LogP contribution < -0.4 is 0 Å². The molecule has 0 aromatic rings. The van der Waals surface area contributed by atoms with Crippen molar-refractivity contribution >= 4 is 11.9 Å². The SMILES string of the molecule is CCCCCCCCC(CCCCCC)(CCCCCCCCCC(CCCCCC)(CCCCCCCC)C(=O)O)C(=O)O. The third-order valence-corrected chi connectivity index (χ3v) is 10.8. The molecule has 4 heteroatoms. The van der Waals surface area contributed by atoms with Gasteiger partial charge in [-0.25, -0.2) is 0 Å². The molecule has 0 heterocycles. The molecule has 2 unspecified atom stereocenters. The molecule has 0 radical (unpaired) electrons. The zero-order chi connectivity index (χ0) is 33.5. The van der Waals surface area contributed by atoms with Gasteiger partial charge in [-0.15, -0.1) is 0 Å². The molecule has 2 atom stereocenters. The molecule has 0 bridgehead atoms. The molecule has 0 spiro atoms. The highest BCUT2D eigenvalue weighted by Crippen LogP contribution is 2.39. The third kappa shape index (κ3) is 22.2. The van der Waals surface area contributed by atoms with Crippen molar-refractivity contribution in [2.75, 3.05) is 0 Å². The Bertz CT molecular complexity index is 620. The number of aliphatic carboxylic acids is 2. The van der Waals surface area contributed by atoms with Gasteiger partial charge in [-0.2, -0.15) is 0 Å². The number of carboxylic acid groups (broad SMARTS) is 2. The lowest BCUT2D eigenvalue weighted by Gasteiger charge is -2.30. The summed E-state index contributed by atoms with van der Waals surface area (Å²) in [7, 11) is 0. The van der Waals surface area contributed by atoms with Gasteiger partial charge in [0, 0.05) is 0 Å². The van der Waals surface area contributed by atoms with Crippen molar-refractivity contribution in [3.05, 3.63) is 0 Å². The van der Waals surface area contributed by atoms with Crippen LogP contribution in [0.3, 0.4) is 0 Å². The van der Waals surface area contributed by atoms with Crippen LogP contribution in [-0.4, -0.2) is 22.2 Å². The first-order chi connectivity index (χ1) is 21.8. The Morgan fingerprint density at radius 2 is 0.467 bits per heavy atom. The van der Waals surface area contributed by atoms with Gasteiger partial charge >= 0.3 is 11.9 Å². The molecular weight excluding hydrogens is 556 g/mol. The third-order valence-electron chi connectivity index (χ3n) is 10.8. The van der Waals surface area contributed by atoms with E-state index in [9.17, 15) is 19.8 Å². The van der Waals surface area contributed by atoms with Crippen LogP contribution in [0.5, 0.6) is 0 Å². The summed E-state index contributed by atoms with van der Waals surface area (Å²) in [6.07, 6.45) is 36.6. The number of hydrogen-bond acceptors (Lipinski definition) is 2. The minimum atomic E-state index is -0.551. The lowest BCUT2D eigenvalue weighted by molar-refractivity contribution is -0.151. The summed E-state index contributed by atoms with van der Waals surface area (Å²) in [5.74, 6) is -1.10. The molecule has 0 fully saturated rings. The lowest BCUT2D eigenvalue weighted by Crippen LogP contribution is -2.31. The van der Waals surface area contributed by atoms with Crippen LogP contribution >= 0.6 is 0 Å². The second-order valence-corrected chi connectivity index (χ2v) is 14.8. The fourth-order valence-corrected chi connectivity index (χ4v) is 7.47. The van der Waals surface area contributed by atoms with E-state index in [1.165, 1.54) is 109 Å². The fourth-order valence-electron chi connectivity index (χ4n) is 7.47. The normalized spacial score (nSPS) is 14.3. The first-order valence-electron chi connectivity index (χ1n) is 20.3. The van der Waals surface area contributed by atoms with Crippen molar-refractivity contribution in [1.29, 1.82) is 0 Å². The molecule has 268 valence electrons. The number of carbonyl (C=O) groups is 2. The molecule has 0 amide bonds. The maximum Gasteiger partial charge on any atom is 0.309 e. The zero-order valence-electron chi connectivity index (χ0n) is 31.0. The van der Waals surface area contributed by atoms with Crippen LogP contribution in [0.4, 0.5) is 0 Å². The van der Waals surface area contributed by atoms with Gasteiger partial charge in [0.1, 0.15) is 0 Å². The van der Waals surface area contributed by atoms with Gasteiger partial charge in [-0.05, 0) is 38.5 Å². The summed E-state index contributed by atoms with van der Waals surface area (Å²) in [6.45, 7) is 8.91. The maximum absolute atomic E-state index is 12.6. The van der Waals surface area contributed by atoms with Crippen LogP contribution in [-0.2, 0) is 9.59 Å². The highest BCUT2D eigenvalue weighted by molar-refractivity contribution is 5.75. The Balaban J connectivity index is 4.69. The monoisotopic (exact) mass is 637 g/mol. The van der Waals surface area contributed by atoms with Crippen LogP contribution in [0.15, 0.2) is 0 Å². The van der Waals surface area contributed by atoms with E-state index in [0.717, 1.165) is 103 Å². The van der Waals surface area contributed by atoms with Gasteiger partial charge in [-0.3, -0.25) is 9.59 Å². The first-order valence-corrected chi connectivity index (χ1v) is 20.3. The van der Waals surface area contributed by atoms with Gasteiger partial charge in [0.15, 0.2) is 0 Å². The molecule has 0 aliphatic heterocycles. The summed E-state index contributed by atoms with van der Waals surface area (Å²) in [4.78, 5) is 25.2. The summed E-state index contributed by atoms with van der Waals surface area (Å²) in [5, 5.41) is 20.7. The summed E-state index contributed by atoms with van der Waals surface area (Å²) in [5.41, 5.74) is -1.04. The molecule has 2 N–H and O–H groups in total. The van der Waals surface area contributed by atoms with E-state index >= 15 is 0 Å². The molecule has 0 aromatic heterocycles. The van der Waals surface area contributed by atoms with Crippen molar-refractivity contribution in [2.24, 2.45) is 10.8 Å². The van der Waals surface area contributed by atoms with E-state index < -0.39 is 22.8 Å². The van der Waals surface area contributed by atoms with E-state index in [-0.39, 0.29) is 0 Å². The molecule has 45 heavy (non-hydrogen) atoms. The second-order valence-electron chi connectivity index (χ2n) is 14.8. The largest absolute Gasteiger partial charge is 0.481 e. The maximum atomic E-state index is 12.6. The van der Waals surface area contributed by atoms with Gasteiger partial charge in [0.2, 0.25) is 0 Å². The van der Waals surface area contributed by atoms with Crippen LogP contribution in [0.2, 0.25) is 0 Å². The van der Waals surface area contributed by atoms with Crippen molar-refractivity contribution in [3.8, 4) is 0 Å². The molecule has 0 saturated carbocycles. The Labute approximate surface area is 281 Å². The summed E-state index contributed by atoms with van der Waals surface area (Å²) < 4.78 is 0. The van der Waals surface area contributed by atoms with Gasteiger partial charge in [0.05, 0.1) is 10.8 Å². The van der Waals surface area contributed by atoms with Gasteiger partial charge in [0.25, 0.3) is 0 Å². The number of hydrogen-bond donors (Lipinski definition) is 2. The van der Waals surface area contributed by atoms with E-state index in [1.54, 1.807) is 0 Å². The van der Waals surface area contributed by atoms with E-state index in [1.807, 2.05) is 0 Å². The predicted octanol–water partition coefficient (Wildman–Crippen LogP) is 14.1. The number of carboxylic acids is 2. The van der Waals surface area contributed by atoms with Crippen molar-refractivity contribution in [1.82, 2.24) is 0 Å². The zero-order valence-corrected chi connectivity index (χ0v) is 31.0. The summed E-state index contributed by atoms with van der Waals surface area (Å²) >= 11 is 0. The van der Waals surface area contributed by atoms with E-state index in [0.29, 0.717) is 0 Å². The van der Waals surface area contributed by atoms with Crippen molar-refractivity contribution in [2.45, 2.75) is 240 Å². The molecule has 0 rings (SSSR count). The Kier molecular flexibility index (Phi) is 29.6. The van der Waals surface area contributed by atoms with Crippen molar-refractivity contribution in [3.63, 3.8) is 0 Å². The molecule has 0 saturated heterocycles. The number of rotatable bonds is 36. The molecule has 4 nitrogen and oxygen atoms in total. The van der Waals surface area contributed by atoms with Crippen LogP contribution in [0, 0.1) is 10.8 Å². The van der Waals surface area contributed by atoms with Crippen LogP contribution in [0.25, 0.3) is 0 Å². The standard InChI is InChI=1S/C41H80O4/c1-5-9-13-17-22-28-34-40(38(42)43,32-26-15-11-7-3)36-30-24-20-19-21-25-31-37-41(39(44)45,33-27-16-12-8-4)35-29-23-18-14-10-6-2/h5-37H2,1-4H3,(H,42,43)(H,44,45). The molecular formula is C41H80O4. The fraction of sp³-hybridized carbons (Fsp3) is 0.951. The van der Waals surface area contributed by atoms with E-state index in [4.69, 9.17) is 0 Å². The molecule has 0 aliphatic rings. The quantitative estimate of drug-likeness (QED) is 0.0671. The average Bonchev–Trinajstić information content (AvgIpc) is 3.02. The highest BCUT2D eigenvalue weighted by atomic mass is 16.4. The average molecular weight is 637 g/mol. The van der Waals surface area contributed by atoms with Gasteiger partial charge < -0.3 is 10.2 Å². The van der Waals surface area contributed by atoms with Gasteiger partial charge in [-0.1, -0.05) is 201 Å². The topological polar surface area (TPSA) is 74.6 Å². The lowest BCUT2D eigenvalue weighted by atomic mass is 9.73. The number of unbranched alkanes of at least 4 members (excludes halogenated alkanes) is 22. The van der Waals surface area contributed by atoms with Crippen molar-refractivity contribution < 1.29 is 19.8 Å².